The molecule has 1 nitrogen and oxygen atoms in total. The van der Waals surface area contributed by atoms with Crippen LogP contribution in [0.1, 0.15) is 44.7 Å². The predicted molar refractivity (Wildman–Crippen MR) is 63.0 cm³/mol. The summed E-state index contributed by atoms with van der Waals surface area (Å²) in [5, 5.41) is 9.97. The number of aliphatic hydroxyl groups is 1. The first kappa shape index (κ1) is 10.7. The molecule has 0 bridgehead atoms. The van der Waals surface area contributed by atoms with Gasteiger partial charge in [0.25, 0.3) is 0 Å². The first-order valence-electron chi connectivity index (χ1n) is 5.72. The van der Waals surface area contributed by atoms with E-state index in [-0.39, 0.29) is 11.0 Å². The molecule has 0 atom stereocenters. The molecular weight excluding hydrogens is 184 g/mol. The third kappa shape index (κ3) is 2.40. The monoisotopic (exact) mass is 204 g/mol. The van der Waals surface area contributed by atoms with Gasteiger partial charge in [0.1, 0.15) is 0 Å². The third-order valence-electron chi connectivity index (χ3n) is 3.17. The van der Waals surface area contributed by atoms with Crippen LogP contribution in [0, 0.1) is 0 Å². The molecule has 15 heavy (non-hydrogen) atoms. The van der Waals surface area contributed by atoms with Crippen molar-refractivity contribution in [3.8, 4) is 0 Å². The van der Waals surface area contributed by atoms with Gasteiger partial charge in [0.2, 0.25) is 0 Å². The van der Waals surface area contributed by atoms with Crippen LogP contribution in [0.4, 0.5) is 0 Å². The SMILES string of the molecule is CC(C)(C)c1ccccc1CC1(O)CC1. The van der Waals surface area contributed by atoms with E-state index in [9.17, 15) is 5.11 Å². The largest absolute Gasteiger partial charge is 0.390 e. The van der Waals surface area contributed by atoms with Crippen molar-refractivity contribution >= 4 is 0 Å². The van der Waals surface area contributed by atoms with Crippen LogP contribution >= 0.6 is 0 Å². The van der Waals surface area contributed by atoms with Gasteiger partial charge in [-0.05, 0) is 29.4 Å². The molecule has 0 amide bonds. The molecule has 0 radical (unpaired) electrons. The van der Waals surface area contributed by atoms with Gasteiger partial charge >= 0.3 is 0 Å². The molecule has 2 rings (SSSR count). The average molecular weight is 204 g/mol. The summed E-state index contributed by atoms with van der Waals surface area (Å²) in [5.41, 5.74) is 2.46. The van der Waals surface area contributed by atoms with Gasteiger partial charge in [-0.2, -0.15) is 0 Å². The zero-order valence-corrected chi connectivity index (χ0v) is 9.88. The van der Waals surface area contributed by atoms with Crippen molar-refractivity contribution in [2.24, 2.45) is 0 Å². The summed E-state index contributed by atoms with van der Waals surface area (Å²) in [6, 6.07) is 8.48. The van der Waals surface area contributed by atoms with Crippen molar-refractivity contribution in [1.29, 1.82) is 0 Å². The molecule has 0 saturated heterocycles. The van der Waals surface area contributed by atoms with E-state index in [2.05, 4.69) is 45.0 Å². The zero-order chi connectivity index (χ0) is 11.1. The summed E-state index contributed by atoms with van der Waals surface area (Å²) in [6.45, 7) is 6.67. The van der Waals surface area contributed by atoms with E-state index >= 15 is 0 Å². The minimum absolute atomic E-state index is 0.168. The van der Waals surface area contributed by atoms with Crippen molar-refractivity contribution in [2.45, 2.75) is 51.0 Å². The highest BCUT2D eigenvalue weighted by molar-refractivity contribution is 5.34. The van der Waals surface area contributed by atoms with Crippen LogP contribution in [0.15, 0.2) is 24.3 Å². The van der Waals surface area contributed by atoms with Crippen molar-refractivity contribution in [3.05, 3.63) is 35.4 Å². The van der Waals surface area contributed by atoms with Crippen LogP contribution < -0.4 is 0 Å². The summed E-state index contributed by atoms with van der Waals surface area (Å²) in [7, 11) is 0. The van der Waals surface area contributed by atoms with Gasteiger partial charge in [-0.1, -0.05) is 45.0 Å². The molecule has 0 spiro atoms. The van der Waals surface area contributed by atoms with E-state index in [1.165, 1.54) is 11.1 Å². The van der Waals surface area contributed by atoms with Crippen LogP contribution in [0.2, 0.25) is 0 Å². The molecule has 0 unspecified atom stereocenters. The van der Waals surface area contributed by atoms with E-state index in [1.807, 2.05) is 0 Å². The average Bonchev–Trinajstić information content (AvgIpc) is 2.82. The highest BCUT2D eigenvalue weighted by Gasteiger charge is 2.40. The van der Waals surface area contributed by atoms with E-state index in [1.54, 1.807) is 0 Å². The molecular formula is C14H20O. The number of hydrogen-bond acceptors (Lipinski definition) is 1. The first-order chi connectivity index (χ1) is 6.91. The summed E-state index contributed by atoms with van der Waals surface area (Å²) in [5.74, 6) is 0. The van der Waals surface area contributed by atoms with Gasteiger partial charge in [0.15, 0.2) is 0 Å². The molecule has 0 aromatic heterocycles. The van der Waals surface area contributed by atoms with Gasteiger partial charge in [0.05, 0.1) is 5.60 Å². The van der Waals surface area contributed by atoms with E-state index in [0.717, 1.165) is 19.3 Å². The van der Waals surface area contributed by atoms with Crippen molar-refractivity contribution in [2.75, 3.05) is 0 Å². The lowest BCUT2D eigenvalue weighted by atomic mass is 9.82. The standard InChI is InChI=1S/C14H20O/c1-13(2,3)12-7-5-4-6-11(12)10-14(15)8-9-14/h4-7,15H,8-10H2,1-3H3. The Bertz CT molecular complexity index is 356. The Hall–Kier alpha value is -0.820. The quantitative estimate of drug-likeness (QED) is 0.785. The molecule has 1 heteroatoms. The Morgan fingerprint density at radius 2 is 1.80 bits per heavy atom. The van der Waals surface area contributed by atoms with Crippen molar-refractivity contribution in [3.63, 3.8) is 0 Å². The lowest BCUT2D eigenvalue weighted by molar-refractivity contribution is 0.150. The second-order valence-corrected chi connectivity index (χ2v) is 5.81. The Balaban J connectivity index is 2.30. The fourth-order valence-corrected chi connectivity index (χ4v) is 2.08. The molecule has 0 aliphatic heterocycles. The molecule has 1 aliphatic carbocycles. The van der Waals surface area contributed by atoms with E-state index < -0.39 is 0 Å². The molecule has 1 aromatic carbocycles. The maximum atomic E-state index is 9.97. The third-order valence-corrected chi connectivity index (χ3v) is 3.17. The lowest BCUT2D eigenvalue weighted by Crippen LogP contribution is -2.18. The maximum Gasteiger partial charge on any atom is 0.0690 e. The Kier molecular flexibility index (Phi) is 2.38. The lowest BCUT2D eigenvalue weighted by Gasteiger charge is -2.24. The van der Waals surface area contributed by atoms with Gasteiger partial charge in [-0.3, -0.25) is 0 Å². The summed E-state index contributed by atoms with van der Waals surface area (Å²) in [6.07, 6.45) is 2.75. The maximum absolute atomic E-state index is 9.97. The highest BCUT2D eigenvalue weighted by Crippen LogP contribution is 2.40. The summed E-state index contributed by atoms with van der Waals surface area (Å²) < 4.78 is 0. The molecule has 1 N–H and O–H groups in total. The number of hydrogen-bond donors (Lipinski definition) is 1. The normalized spacial score (nSPS) is 18.9. The Morgan fingerprint density at radius 1 is 1.20 bits per heavy atom. The molecule has 1 fully saturated rings. The van der Waals surface area contributed by atoms with Gasteiger partial charge in [0, 0.05) is 6.42 Å². The molecule has 0 heterocycles. The molecule has 1 saturated carbocycles. The van der Waals surface area contributed by atoms with Gasteiger partial charge < -0.3 is 5.11 Å². The smallest absolute Gasteiger partial charge is 0.0690 e. The summed E-state index contributed by atoms with van der Waals surface area (Å²) >= 11 is 0. The first-order valence-corrected chi connectivity index (χ1v) is 5.72. The minimum atomic E-state index is -0.388. The second-order valence-electron chi connectivity index (χ2n) is 5.81. The Morgan fingerprint density at radius 3 is 2.33 bits per heavy atom. The fraction of sp³-hybridized carbons (Fsp3) is 0.571. The van der Waals surface area contributed by atoms with Crippen LogP contribution in [0.5, 0.6) is 0 Å². The highest BCUT2D eigenvalue weighted by atomic mass is 16.3. The van der Waals surface area contributed by atoms with Crippen molar-refractivity contribution in [1.82, 2.24) is 0 Å². The predicted octanol–water partition coefficient (Wildman–Crippen LogP) is 3.05. The second kappa shape index (κ2) is 3.34. The number of rotatable bonds is 2. The minimum Gasteiger partial charge on any atom is -0.390 e. The fourth-order valence-electron chi connectivity index (χ4n) is 2.08. The van der Waals surface area contributed by atoms with Crippen LogP contribution in [0.3, 0.4) is 0 Å². The molecule has 1 aromatic rings. The van der Waals surface area contributed by atoms with Crippen LogP contribution in [-0.2, 0) is 11.8 Å². The molecule has 1 aliphatic rings. The van der Waals surface area contributed by atoms with Crippen LogP contribution in [0.25, 0.3) is 0 Å². The zero-order valence-electron chi connectivity index (χ0n) is 9.88. The topological polar surface area (TPSA) is 20.2 Å². The van der Waals surface area contributed by atoms with E-state index in [4.69, 9.17) is 0 Å². The van der Waals surface area contributed by atoms with Gasteiger partial charge in [-0.15, -0.1) is 0 Å². The number of benzene rings is 1. The summed E-state index contributed by atoms with van der Waals surface area (Å²) in [4.78, 5) is 0. The van der Waals surface area contributed by atoms with Gasteiger partial charge in [-0.25, -0.2) is 0 Å². The molecule has 82 valence electrons. The Labute approximate surface area is 92.1 Å². The van der Waals surface area contributed by atoms with Crippen molar-refractivity contribution < 1.29 is 5.11 Å². The van der Waals surface area contributed by atoms with E-state index in [0.29, 0.717) is 0 Å². The van der Waals surface area contributed by atoms with Crippen LogP contribution in [-0.4, -0.2) is 10.7 Å².